The fourth-order valence-electron chi connectivity index (χ4n) is 2.64. The molecule has 1 heterocycles. The van der Waals surface area contributed by atoms with Crippen molar-refractivity contribution in [2.24, 2.45) is 0 Å². The Hall–Kier alpha value is -2.29. The lowest BCUT2D eigenvalue weighted by Crippen LogP contribution is -2.27. The molecule has 7 nitrogen and oxygen atoms in total. The maximum Gasteiger partial charge on any atom is 0.337 e. The smallest absolute Gasteiger partial charge is 0.337 e. The number of nitrogens with zero attached hydrogens (tertiary/aromatic N) is 1. The number of rotatable bonds is 5. The summed E-state index contributed by atoms with van der Waals surface area (Å²) in [4.78, 5) is 11.5. The summed E-state index contributed by atoms with van der Waals surface area (Å²) in [5.74, 6) is 0.567. The SMILES string of the molecule is COC(=O)c1ccc(Cl)c(S(=O)(=O)N(C)Cc2ccc3c(c2)OCCO3)c1. The number of benzene rings is 2. The van der Waals surface area contributed by atoms with E-state index < -0.39 is 16.0 Å². The van der Waals surface area contributed by atoms with E-state index in [2.05, 4.69) is 4.74 Å². The lowest BCUT2D eigenvalue weighted by atomic mass is 10.2. The van der Waals surface area contributed by atoms with E-state index in [0.29, 0.717) is 24.7 Å². The first-order chi connectivity index (χ1) is 12.8. The zero-order valence-corrected chi connectivity index (χ0v) is 16.3. The predicted octanol–water partition coefficient (Wildman–Crippen LogP) is 2.72. The minimum atomic E-state index is -3.93. The van der Waals surface area contributed by atoms with Gasteiger partial charge in [-0.25, -0.2) is 13.2 Å². The van der Waals surface area contributed by atoms with Gasteiger partial charge in [0.15, 0.2) is 11.5 Å². The van der Waals surface area contributed by atoms with Crippen molar-refractivity contribution in [1.29, 1.82) is 0 Å². The molecule has 0 spiro atoms. The molecule has 1 aliphatic heterocycles. The Kier molecular flexibility index (Phi) is 5.59. The topological polar surface area (TPSA) is 82.1 Å². The Labute approximate surface area is 162 Å². The number of ether oxygens (including phenoxy) is 3. The molecule has 1 aliphatic rings. The van der Waals surface area contributed by atoms with Gasteiger partial charge in [-0.05, 0) is 35.9 Å². The molecule has 0 aromatic heterocycles. The van der Waals surface area contributed by atoms with Gasteiger partial charge in [0, 0.05) is 13.6 Å². The van der Waals surface area contributed by atoms with Crippen LogP contribution in [0.4, 0.5) is 0 Å². The Bertz CT molecular complexity index is 976. The lowest BCUT2D eigenvalue weighted by Gasteiger charge is -2.21. The minimum absolute atomic E-state index is 0.0247. The molecular weight excluding hydrogens is 394 g/mol. The van der Waals surface area contributed by atoms with E-state index >= 15 is 0 Å². The van der Waals surface area contributed by atoms with E-state index in [1.165, 1.54) is 32.4 Å². The van der Waals surface area contributed by atoms with Crippen LogP contribution in [0.5, 0.6) is 11.5 Å². The number of hydrogen-bond acceptors (Lipinski definition) is 6. The van der Waals surface area contributed by atoms with E-state index in [-0.39, 0.29) is 22.0 Å². The maximum absolute atomic E-state index is 12.9. The number of fused-ring (bicyclic) bond motifs is 1. The van der Waals surface area contributed by atoms with Crippen molar-refractivity contribution >= 4 is 27.6 Å². The van der Waals surface area contributed by atoms with Crippen molar-refractivity contribution in [2.75, 3.05) is 27.4 Å². The van der Waals surface area contributed by atoms with Gasteiger partial charge in [0.25, 0.3) is 0 Å². The van der Waals surface area contributed by atoms with Crippen molar-refractivity contribution in [3.8, 4) is 11.5 Å². The highest BCUT2D eigenvalue weighted by Crippen LogP contribution is 2.32. The molecule has 0 atom stereocenters. The first-order valence-electron chi connectivity index (χ1n) is 8.05. The Balaban J connectivity index is 1.87. The molecule has 0 saturated heterocycles. The zero-order valence-electron chi connectivity index (χ0n) is 14.8. The standard InChI is InChI=1S/C18H18ClNO6S/c1-20(11-12-3-6-15-16(9-12)26-8-7-25-15)27(22,23)17-10-13(18(21)24-2)4-5-14(17)19/h3-6,9-10H,7-8,11H2,1-2H3. The number of carbonyl (C=O) groups excluding carboxylic acids is 1. The largest absolute Gasteiger partial charge is 0.486 e. The minimum Gasteiger partial charge on any atom is -0.486 e. The summed E-state index contributed by atoms with van der Waals surface area (Å²) in [6, 6.07) is 9.24. The average Bonchev–Trinajstić information content (AvgIpc) is 2.67. The van der Waals surface area contributed by atoms with Crippen LogP contribution in [-0.2, 0) is 21.3 Å². The van der Waals surface area contributed by atoms with E-state index in [4.69, 9.17) is 21.1 Å². The van der Waals surface area contributed by atoms with Gasteiger partial charge in [0.05, 0.1) is 17.7 Å². The van der Waals surface area contributed by atoms with Gasteiger partial charge < -0.3 is 14.2 Å². The molecule has 0 radical (unpaired) electrons. The van der Waals surface area contributed by atoms with Crippen molar-refractivity contribution in [3.63, 3.8) is 0 Å². The van der Waals surface area contributed by atoms with Crippen LogP contribution in [0.1, 0.15) is 15.9 Å². The third kappa shape index (κ3) is 4.02. The maximum atomic E-state index is 12.9. The van der Waals surface area contributed by atoms with Gasteiger partial charge in [-0.15, -0.1) is 0 Å². The van der Waals surface area contributed by atoms with Crippen molar-refractivity contribution in [2.45, 2.75) is 11.4 Å². The molecule has 2 aromatic rings. The highest BCUT2D eigenvalue weighted by molar-refractivity contribution is 7.89. The molecule has 3 rings (SSSR count). The fourth-order valence-corrected chi connectivity index (χ4v) is 4.30. The Morgan fingerprint density at radius 2 is 1.85 bits per heavy atom. The molecule has 0 aliphatic carbocycles. The van der Waals surface area contributed by atoms with Crippen LogP contribution in [0.2, 0.25) is 5.02 Å². The van der Waals surface area contributed by atoms with Gasteiger partial charge in [0.2, 0.25) is 10.0 Å². The van der Waals surface area contributed by atoms with Crippen molar-refractivity contribution < 1.29 is 27.4 Å². The van der Waals surface area contributed by atoms with E-state index in [1.807, 2.05) is 0 Å². The summed E-state index contributed by atoms with van der Waals surface area (Å²) in [5.41, 5.74) is 0.832. The summed E-state index contributed by atoms with van der Waals surface area (Å²) < 4.78 is 42.7. The normalized spacial score (nSPS) is 13.5. The van der Waals surface area contributed by atoms with Crippen LogP contribution in [0.15, 0.2) is 41.3 Å². The number of sulfonamides is 1. The summed E-state index contributed by atoms with van der Waals surface area (Å²) >= 11 is 6.08. The number of carbonyl (C=O) groups is 1. The first-order valence-corrected chi connectivity index (χ1v) is 9.87. The molecule has 144 valence electrons. The Morgan fingerprint density at radius 3 is 2.56 bits per heavy atom. The number of methoxy groups -OCH3 is 1. The van der Waals surface area contributed by atoms with Crippen LogP contribution in [0.25, 0.3) is 0 Å². The lowest BCUT2D eigenvalue weighted by molar-refractivity contribution is 0.0600. The predicted molar refractivity (Wildman–Crippen MR) is 98.9 cm³/mol. The molecular formula is C18H18ClNO6S. The van der Waals surface area contributed by atoms with Crippen LogP contribution >= 0.6 is 11.6 Å². The monoisotopic (exact) mass is 411 g/mol. The summed E-state index contributed by atoms with van der Waals surface area (Å²) in [6.07, 6.45) is 0. The second-order valence-electron chi connectivity index (χ2n) is 5.88. The van der Waals surface area contributed by atoms with Crippen LogP contribution in [0, 0.1) is 0 Å². The zero-order chi connectivity index (χ0) is 19.6. The van der Waals surface area contributed by atoms with Crippen LogP contribution in [0.3, 0.4) is 0 Å². The number of hydrogen-bond donors (Lipinski definition) is 0. The fraction of sp³-hybridized carbons (Fsp3) is 0.278. The third-order valence-electron chi connectivity index (χ3n) is 4.05. The Morgan fingerprint density at radius 1 is 1.15 bits per heavy atom. The van der Waals surface area contributed by atoms with Crippen molar-refractivity contribution in [3.05, 3.63) is 52.5 Å². The summed E-state index contributed by atoms with van der Waals surface area (Å²) in [6.45, 7) is 1.02. The molecule has 0 N–H and O–H groups in total. The van der Waals surface area contributed by atoms with E-state index in [9.17, 15) is 13.2 Å². The summed E-state index contributed by atoms with van der Waals surface area (Å²) in [7, 11) is -1.27. The number of halogens is 1. The second-order valence-corrected chi connectivity index (χ2v) is 8.30. The van der Waals surface area contributed by atoms with Gasteiger partial charge in [0.1, 0.15) is 18.1 Å². The van der Waals surface area contributed by atoms with Crippen LogP contribution < -0.4 is 9.47 Å². The quantitative estimate of drug-likeness (QED) is 0.703. The second kappa shape index (κ2) is 7.75. The third-order valence-corrected chi connectivity index (χ3v) is 6.34. The van der Waals surface area contributed by atoms with Gasteiger partial charge in [-0.3, -0.25) is 0 Å². The van der Waals surface area contributed by atoms with E-state index in [1.54, 1.807) is 18.2 Å². The van der Waals surface area contributed by atoms with Crippen molar-refractivity contribution in [1.82, 2.24) is 4.31 Å². The first kappa shape index (κ1) is 19.5. The van der Waals surface area contributed by atoms with E-state index in [0.717, 1.165) is 9.87 Å². The average molecular weight is 412 g/mol. The molecule has 0 fully saturated rings. The highest BCUT2D eigenvalue weighted by atomic mass is 35.5. The molecule has 27 heavy (non-hydrogen) atoms. The van der Waals surface area contributed by atoms with Gasteiger partial charge >= 0.3 is 5.97 Å². The van der Waals surface area contributed by atoms with Gasteiger partial charge in [-0.1, -0.05) is 17.7 Å². The molecule has 0 saturated carbocycles. The number of esters is 1. The highest BCUT2D eigenvalue weighted by Gasteiger charge is 2.26. The molecule has 0 amide bonds. The van der Waals surface area contributed by atoms with Gasteiger partial charge in [-0.2, -0.15) is 4.31 Å². The molecule has 0 bridgehead atoms. The summed E-state index contributed by atoms with van der Waals surface area (Å²) in [5, 5.41) is 0.0247. The molecule has 0 unspecified atom stereocenters. The van der Waals surface area contributed by atoms with Crippen LogP contribution in [-0.4, -0.2) is 46.1 Å². The molecule has 2 aromatic carbocycles. The molecule has 9 heteroatoms.